The second kappa shape index (κ2) is 5.51. The standard InChI is InChI=1S/C16H18N2O2/c1-19-15-10-18-7-5-13(15)14-4-2-3-12-11(9-17)6-8-20-16(12)14/h2-5,7,10-11H,6,8-9,17H2,1H3/t11-/m0/s1. The van der Waals surface area contributed by atoms with Gasteiger partial charge in [-0.05, 0) is 24.6 Å². The Morgan fingerprint density at radius 1 is 1.35 bits per heavy atom. The van der Waals surface area contributed by atoms with Crippen molar-refractivity contribution in [2.75, 3.05) is 20.3 Å². The van der Waals surface area contributed by atoms with Gasteiger partial charge < -0.3 is 15.2 Å². The van der Waals surface area contributed by atoms with Crippen LogP contribution in [0.1, 0.15) is 17.9 Å². The van der Waals surface area contributed by atoms with Gasteiger partial charge in [0.2, 0.25) is 0 Å². The Balaban J connectivity index is 2.15. The van der Waals surface area contributed by atoms with Crippen LogP contribution in [0.3, 0.4) is 0 Å². The fourth-order valence-corrected chi connectivity index (χ4v) is 2.72. The zero-order valence-corrected chi connectivity index (χ0v) is 11.5. The Hall–Kier alpha value is -2.07. The number of pyridine rings is 1. The number of aromatic nitrogens is 1. The molecule has 0 unspecified atom stereocenters. The highest BCUT2D eigenvalue weighted by Gasteiger charge is 2.24. The van der Waals surface area contributed by atoms with E-state index < -0.39 is 0 Å². The van der Waals surface area contributed by atoms with Crippen LogP contribution in [0.2, 0.25) is 0 Å². The molecule has 4 heteroatoms. The average molecular weight is 270 g/mol. The molecule has 0 bridgehead atoms. The molecule has 4 nitrogen and oxygen atoms in total. The van der Waals surface area contributed by atoms with E-state index in [-0.39, 0.29) is 0 Å². The topological polar surface area (TPSA) is 57.4 Å². The highest BCUT2D eigenvalue weighted by atomic mass is 16.5. The maximum atomic E-state index is 5.91. The summed E-state index contributed by atoms with van der Waals surface area (Å²) in [5, 5.41) is 0. The normalized spacial score (nSPS) is 17.2. The molecule has 2 N–H and O–H groups in total. The molecule has 1 atom stereocenters. The van der Waals surface area contributed by atoms with Crippen LogP contribution >= 0.6 is 0 Å². The van der Waals surface area contributed by atoms with Crippen LogP contribution in [0, 0.1) is 0 Å². The Labute approximate surface area is 118 Å². The Bertz CT molecular complexity index is 613. The minimum Gasteiger partial charge on any atom is -0.494 e. The minimum absolute atomic E-state index is 0.367. The van der Waals surface area contributed by atoms with Gasteiger partial charge in [-0.15, -0.1) is 0 Å². The lowest BCUT2D eigenvalue weighted by atomic mass is 9.90. The summed E-state index contributed by atoms with van der Waals surface area (Å²) in [6, 6.07) is 8.15. The summed E-state index contributed by atoms with van der Waals surface area (Å²) in [5.74, 6) is 2.05. The number of para-hydroxylation sites is 1. The van der Waals surface area contributed by atoms with Crippen molar-refractivity contribution in [1.82, 2.24) is 4.98 Å². The van der Waals surface area contributed by atoms with Crippen LogP contribution in [0.5, 0.6) is 11.5 Å². The monoisotopic (exact) mass is 270 g/mol. The first-order valence-electron chi connectivity index (χ1n) is 6.79. The molecule has 1 aliphatic rings. The van der Waals surface area contributed by atoms with E-state index in [0.717, 1.165) is 29.0 Å². The van der Waals surface area contributed by atoms with E-state index >= 15 is 0 Å². The van der Waals surface area contributed by atoms with Gasteiger partial charge in [0.1, 0.15) is 11.5 Å². The molecule has 0 saturated carbocycles. The first kappa shape index (κ1) is 12.9. The van der Waals surface area contributed by atoms with E-state index in [0.29, 0.717) is 19.1 Å². The van der Waals surface area contributed by atoms with E-state index in [1.54, 1.807) is 19.5 Å². The van der Waals surface area contributed by atoms with Crippen LogP contribution in [-0.2, 0) is 0 Å². The third-order valence-corrected chi connectivity index (χ3v) is 3.78. The van der Waals surface area contributed by atoms with Crippen LogP contribution in [0.15, 0.2) is 36.7 Å². The molecule has 0 fully saturated rings. The second-order valence-corrected chi connectivity index (χ2v) is 4.87. The van der Waals surface area contributed by atoms with Gasteiger partial charge in [-0.1, -0.05) is 18.2 Å². The fraction of sp³-hybridized carbons (Fsp3) is 0.312. The van der Waals surface area contributed by atoms with E-state index in [2.05, 4.69) is 17.1 Å². The average Bonchev–Trinajstić information content (AvgIpc) is 2.53. The van der Waals surface area contributed by atoms with Crippen molar-refractivity contribution in [3.63, 3.8) is 0 Å². The number of hydrogen-bond acceptors (Lipinski definition) is 4. The van der Waals surface area contributed by atoms with Gasteiger partial charge in [0.25, 0.3) is 0 Å². The van der Waals surface area contributed by atoms with Crippen molar-refractivity contribution in [2.24, 2.45) is 5.73 Å². The smallest absolute Gasteiger partial charge is 0.145 e. The van der Waals surface area contributed by atoms with Crippen LogP contribution in [-0.4, -0.2) is 25.2 Å². The maximum absolute atomic E-state index is 5.91. The summed E-state index contributed by atoms with van der Waals surface area (Å²) in [6.07, 6.45) is 4.46. The quantitative estimate of drug-likeness (QED) is 0.931. The molecule has 0 spiro atoms. The van der Waals surface area contributed by atoms with Crippen LogP contribution < -0.4 is 15.2 Å². The summed E-state index contributed by atoms with van der Waals surface area (Å²) in [4.78, 5) is 4.10. The molecule has 1 aromatic heterocycles. The predicted molar refractivity (Wildman–Crippen MR) is 78.1 cm³/mol. The maximum Gasteiger partial charge on any atom is 0.145 e. The van der Waals surface area contributed by atoms with E-state index in [1.165, 1.54) is 5.56 Å². The number of methoxy groups -OCH3 is 1. The van der Waals surface area contributed by atoms with E-state index in [9.17, 15) is 0 Å². The molecule has 0 radical (unpaired) electrons. The van der Waals surface area contributed by atoms with Crippen LogP contribution in [0.25, 0.3) is 11.1 Å². The zero-order chi connectivity index (χ0) is 13.9. The lowest BCUT2D eigenvalue weighted by Gasteiger charge is -2.27. The highest BCUT2D eigenvalue weighted by molar-refractivity contribution is 5.77. The third-order valence-electron chi connectivity index (χ3n) is 3.78. The molecule has 104 valence electrons. The SMILES string of the molecule is COc1cnccc1-c1cccc2c1OCC[C@H]2CN. The molecule has 3 rings (SSSR count). The number of benzene rings is 1. The molecule has 20 heavy (non-hydrogen) atoms. The van der Waals surface area contributed by atoms with Crippen molar-refractivity contribution in [2.45, 2.75) is 12.3 Å². The number of fused-ring (bicyclic) bond motifs is 1. The molecule has 2 heterocycles. The fourth-order valence-electron chi connectivity index (χ4n) is 2.72. The van der Waals surface area contributed by atoms with Crippen molar-refractivity contribution in [3.05, 3.63) is 42.2 Å². The number of rotatable bonds is 3. The first-order valence-corrected chi connectivity index (χ1v) is 6.79. The lowest BCUT2D eigenvalue weighted by Crippen LogP contribution is -2.21. The number of ether oxygens (including phenoxy) is 2. The summed E-state index contributed by atoms with van der Waals surface area (Å²) in [6.45, 7) is 1.35. The highest BCUT2D eigenvalue weighted by Crippen LogP contribution is 2.42. The lowest BCUT2D eigenvalue weighted by molar-refractivity contribution is 0.270. The largest absolute Gasteiger partial charge is 0.494 e. The molecular weight excluding hydrogens is 252 g/mol. The van der Waals surface area contributed by atoms with Gasteiger partial charge in [0, 0.05) is 23.2 Å². The molecule has 1 aromatic carbocycles. The van der Waals surface area contributed by atoms with E-state index in [4.69, 9.17) is 15.2 Å². The minimum atomic E-state index is 0.367. The number of hydrogen-bond donors (Lipinski definition) is 1. The molecule has 0 saturated heterocycles. The summed E-state index contributed by atoms with van der Waals surface area (Å²) >= 11 is 0. The van der Waals surface area contributed by atoms with Crippen molar-refractivity contribution < 1.29 is 9.47 Å². The van der Waals surface area contributed by atoms with Gasteiger partial charge in [-0.3, -0.25) is 4.98 Å². The van der Waals surface area contributed by atoms with E-state index in [1.807, 2.05) is 12.1 Å². The molecule has 1 aliphatic heterocycles. The molecule has 2 aromatic rings. The molecule has 0 aliphatic carbocycles. The van der Waals surface area contributed by atoms with Gasteiger partial charge >= 0.3 is 0 Å². The Kier molecular flexibility index (Phi) is 3.56. The number of nitrogens with two attached hydrogens (primary N) is 1. The van der Waals surface area contributed by atoms with Crippen LogP contribution in [0.4, 0.5) is 0 Å². The Morgan fingerprint density at radius 2 is 2.25 bits per heavy atom. The predicted octanol–water partition coefficient (Wildman–Crippen LogP) is 2.58. The Morgan fingerprint density at radius 3 is 3.05 bits per heavy atom. The van der Waals surface area contributed by atoms with Crippen molar-refractivity contribution >= 4 is 0 Å². The van der Waals surface area contributed by atoms with Gasteiger partial charge in [-0.2, -0.15) is 0 Å². The number of nitrogens with zero attached hydrogens (tertiary/aromatic N) is 1. The van der Waals surface area contributed by atoms with Gasteiger partial charge in [0.05, 0.1) is 19.9 Å². The van der Waals surface area contributed by atoms with Gasteiger partial charge in [-0.25, -0.2) is 0 Å². The summed E-state index contributed by atoms with van der Waals surface area (Å²) in [5.41, 5.74) is 9.10. The van der Waals surface area contributed by atoms with Crippen molar-refractivity contribution in [3.8, 4) is 22.6 Å². The zero-order valence-electron chi connectivity index (χ0n) is 11.5. The summed E-state index contributed by atoms with van der Waals surface area (Å²) < 4.78 is 11.3. The molecule has 0 amide bonds. The second-order valence-electron chi connectivity index (χ2n) is 4.87. The first-order chi connectivity index (χ1) is 9.85. The van der Waals surface area contributed by atoms with Crippen molar-refractivity contribution in [1.29, 1.82) is 0 Å². The molecular formula is C16H18N2O2. The van der Waals surface area contributed by atoms with Gasteiger partial charge in [0.15, 0.2) is 0 Å². The third kappa shape index (κ3) is 2.12. The summed E-state index contributed by atoms with van der Waals surface area (Å²) in [7, 11) is 1.65.